The molecule has 2 aromatic rings. The van der Waals surface area contributed by atoms with E-state index in [2.05, 4.69) is 31.0 Å². The van der Waals surface area contributed by atoms with Gasteiger partial charge in [0.2, 0.25) is 0 Å². The number of rotatable bonds is 4. The average Bonchev–Trinajstić information content (AvgIpc) is 3.10. The number of benzene rings is 1. The van der Waals surface area contributed by atoms with Crippen LogP contribution < -0.4 is 5.73 Å². The molecule has 2 N–H and O–H groups in total. The Kier molecular flexibility index (Phi) is 8.54. The van der Waals surface area contributed by atoms with E-state index in [1.807, 2.05) is 30.0 Å². The summed E-state index contributed by atoms with van der Waals surface area (Å²) in [5.74, 6) is 0.777. The third kappa shape index (κ3) is 4.97. The van der Waals surface area contributed by atoms with Crippen LogP contribution in [-0.4, -0.2) is 34.9 Å². The summed E-state index contributed by atoms with van der Waals surface area (Å²) in [7, 11) is 0. The van der Waals surface area contributed by atoms with Gasteiger partial charge < -0.3 is 10.6 Å². The molecule has 0 radical (unpaired) electrons. The summed E-state index contributed by atoms with van der Waals surface area (Å²) < 4.78 is 0. The minimum absolute atomic E-state index is 0. The molecule has 3 rings (SSSR count). The van der Waals surface area contributed by atoms with E-state index in [0.29, 0.717) is 19.0 Å². The van der Waals surface area contributed by atoms with Crippen LogP contribution in [0.15, 0.2) is 30.3 Å². The number of halogens is 2. The van der Waals surface area contributed by atoms with Gasteiger partial charge in [-0.1, -0.05) is 44.2 Å². The van der Waals surface area contributed by atoms with Crippen LogP contribution in [0.4, 0.5) is 0 Å². The molecular formula is C19H27Cl2N3OS. The molecule has 1 aromatic carbocycles. The Hall–Kier alpha value is -1.14. The van der Waals surface area contributed by atoms with Gasteiger partial charge in [0.05, 0.1) is 10.7 Å². The second-order valence-electron chi connectivity index (χ2n) is 7.00. The van der Waals surface area contributed by atoms with Gasteiger partial charge in [-0.15, -0.1) is 36.2 Å². The highest BCUT2D eigenvalue weighted by atomic mass is 35.5. The topological polar surface area (TPSA) is 59.2 Å². The molecule has 0 spiro atoms. The van der Waals surface area contributed by atoms with E-state index in [9.17, 15) is 4.79 Å². The number of hydrogen-bond acceptors (Lipinski definition) is 4. The van der Waals surface area contributed by atoms with Crippen molar-refractivity contribution < 1.29 is 4.79 Å². The molecule has 0 aliphatic carbocycles. The summed E-state index contributed by atoms with van der Waals surface area (Å²) >= 11 is 1.51. The van der Waals surface area contributed by atoms with Crippen molar-refractivity contribution in [1.82, 2.24) is 9.88 Å². The molecule has 1 aliphatic heterocycles. The fourth-order valence-corrected chi connectivity index (χ4v) is 4.27. The lowest BCUT2D eigenvalue weighted by atomic mass is 9.95. The lowest BCUT2D eigenvalue weighted by Crippen LogP contribution is -2.32. The number of aryl methyl sites for hydroxylation is 1. The van der Waals surface area contributed by atoms with Crippen LogP contribution in [0.1, 0.15) is 45.7 Å². The summed E-state index contributed by atoms with van der Waals surface area (Å²) in [4.78, 5) is 20.3. The van der Waals surface area contributed by atoms with E-state index in [1.165, 1.54) is 16.9 Å². The van der Waals surface area contributed by atoms with Crippen LogP contribution in [-0.2, 0) is 6.42 Å². The van der Waals surface area contributed by atoms with Crippen LogP contribution in [0.5, 0.6) is 0 Å². The number of nitrogens with two attached hydrogens (primary N) is 1. The van der Waals surface area contributed by atoms with Crippen molar-refractivity contribution >= 4 is 42.1 Å². The molecule has 0 bridgehead atoms. The minimum atomic E-state index is -0.0149. The van der Waals surface area contributed by atoms with Gasteiger partial charge in [-0.05, 0) is 24.8 Å². The van der Waals surface area contributed by atoms with Gasteiger partial charge >= 0.3 is 0 Å². The Morgan fingerprint density at radius 1 is 1.27 bits per heavy atom. The number of hydrogen-bond donors (Lipinski definition) is 1. The van der Waals surface area contributed by atoms with Gasteiger partial charge in [-0.25, -0.2) is 4.98 Å². The lowest BCUT2D eigenvalue weighted by molar-refractivity contribution is 0.0792. The third-order valence-corrected chi connectivity index (χ3v) is 5.48. The molecule has 1 saturated heterocycles. The van der Waals surface area contributed by atoms with Crippen molar-refractivity contribution in [3.05, 3.63) is 51.5 Å². The van der Waals surface area contributed by atoms with Crippen molar-refractivity contribution in [3.8, 4) is 0 Å². The lowest BCUT2D eigenvalue weighted by Gasteiger charge is -2.16. The number of carbonyl (C=O) groups is 1. The highest BCUT2D eigenvalue weighted by Gasteiger charge is 2.35. The highest BCUT2D eigenvalue weighted by Crippen LogP contribution is 2.30. The number of aromatic nitrogens is 1. The van der Waals surface area contributed by atoms with Gasteiger partial charge in [0.15, 0.2) is 0 Å². The molecule has 0 unspecified atom stereocenters. The Morgan fingerprint density at radius 3 is 2.54 bits per heavy atom. The van der Waals surface area contributed by atoms with Crippen LogP contribution in [0, 0.1) is 12.8 Å². The third-order valence-electron chi connectivity index (χ3n) is 4.48. The van der Waals surface area contributed by atoms with E-state index in [-0.39, 0.29) is 42.7 Å². The van der Waals surface area contributed by atoms with E-state index < -0.39 is 0 Å². The first-order chi connectivity index (χ1) is 11.5. The summed E-state index contributed by atoms with van der Waals surface area (Å²) in [5, 5.41) is 0.956. The molecule has 2 atom stereocenters. The predicted molar refractivity (Wildman–Crippen MR) is 113 cm³/mol. The van der Waals surface area contributed by atoms with E-state index >= 15 is 0 Å². The smallest absolute Gasteiger partial charge is 0.265 e. The monoisotopic (exact) mass is 415 g/mol. The zero-order valence-corrected chi connectivity index (χ0v) is 17.8. The Labute approximate surface area is 172 Å². The fourth-order valence-electron chi connectivity index (χ4n) is 3.35. The second kappa shape index (κ2) is 9.70. The standard InChI is InChI=1S/C19H25N3OS.2ClH/c1-12(2)9-17-18(24-13(3)21-17)19(23)22-10-15(16(20)11-22)14-7-5-4-6-8-14;;/h4-8,12,15-16H,9-11,20H2,1-3H3;2*1H/t15-,16+;;/m0../s1. The first kappa shape index (κ1) is 22.9. The Balaban J connectivity index is 0.00000169. The van der Waals surface area contributed by atoms with E-state index in [1.54, 1.807) is 0 Å². The van der Waals surface area contributed by atoms with Crippen molar-refractivity contribution in [2.45, 2.75) is 39.2 Å². The maximum atomic E-state index is 13.0. The highest BCUT2D eigenvalue weighted by molar-refractivity contribution is 7.13. The molecule has 26 heavy (non-hydrogen) atoms. The number of nitrogens with zero attached hydrogens (tertiary/aromatic N) is 2. The molecular weight excluding hydrogens is 389 g/mol. The predicted octanol–water partition coefficient (Wildman–Crippen LogP) is 4.06. The van der Waals surface area contributed by atoms with Gasteiger partial charge in [0, 0.05) is 25.0 Å². The number of carbonyl (C=O) groups excluding carboxylic acids is 1. The van der Waals surface area contributed by atoms with Crippen LogP contribution in [0.25, 0.3) is 0 Å². The van der Waals surface area contributed by atoms with Crippen molar-refractivity contribution in [2.24, 2.45) is 11.7 Å². The first-order valence-corrected chi connectivity index (χ1v) is 9.33. The van der Waals surface area contributed by atoms with Crippen molar-refractivity contribution in [2.75, 3.05) is 13.1 Å². The molecule has 2 heterocycles. The second-order valence-corrected chi connectivity index (χ2v) is 8.20. The number of likely N-dealkylation sites (tertiary alicyclic amines) is 1. The van der Waals surface area contributed by atoms with Crippen LogP contribution >= 0.6 is 36.2 Å². The molecule has 7 heteroatoms. The number of amides is 1. The normalized spacial score (nSPS) is 19.2. The Bertz CT molecular complexity index is 721. The van der Waals surface area contributed by atoms with Crippen molar-refractivity contribution in [1.29, 1.82) is 0 Å². The van der Waals surface area contributed by atoms with E-state index in [4.69, 9.17) is 5.73 Å². The van der Waals surface area contributed by atoms with Crippen LogP contribution in [0.3, 0.4) is 0 Å². The quantitative estimate of drug-likeness (QED) is 0.818. The maximum absolute atomic E-state index is 13.0. The first-order valence-electron chi connectivity index (χ1n) is 8.51. The SMILES string of the molecule is Cc1nc(CC(C)C)c(C(=O)N2C[C@@H](N)[C@H](c3ccccc3)C2)s1.Cl.Cl. The van der Waals surface area contributed by atoms with Gasteiger partial charge in [0.1, 0.15) is 4.88 Å². The minimum Gasteiger partial charge on any atom is -0.336 e. The molecule has 1 amide bonds. The zero-order chi connectivity index (χ0) is 17.3. The van der Waals surface area contributed by atoms with Crippen LogP contribution in [0.2, 0.25) is 0 Å². The van der Waals surface area contributed by atoms with E-state index in [0.717, 1.165) is 22.0 Å². The summed E-state index contributed by atoms with van der Waals surface area (Å²) in [6.45, 7) is 7.56. The molecule has 1 fully saturated rings. The largest absolute Gasteiger partial charge is 0.336 e. The molecule has 144 valence electrons. The molecule has 1 aliphatic rings. The molecule has 1 aromatic heterocycles. The summed E-state index contributed by atoms with van der Waals surface area (Å²) in [5.41, 5.74) is 8.49. The average molecular weight is 416 g/mol. The van der Waals surface area contributed by atoms with Crippen molar-refractivity contribution in [3.63, 3.8) is 0 Å². The zero-order valence-electron chi connectivity index (χ0n) is 15.3. The fraction of sp³-hybridized carbons (Fsp3) is 0.474. The Morgan fingerprint density at radius 2 is 1.92 bits per heavy atom. The van der Waals surface area contributed by atoms with Gasteiger partial charge in [-0.2, -0.15) is 0 Å². The molecule has 4 nitrogen and oxygen atoms in total. The molecule has 0 saturated carbocycles. The van der Waals surface area contributed by atoms with Gasteiger partial charge in [-0.3, -0.25) is 4.79 Å². The summed E-state index contributed by atoms with van der Waals surface area (Å²) in [6, 6.07) is 10.2. The number of thiazole rings is 1. The summed E-state index contributed by atoms with van der Waals surface area (Å²) in [6.07, 6.45) is 0.841. The van der Waals surface area contributed by atoms with Gasteiger partial charge in [0.25, 0.3) is 5.91 Å². The maximum Gasteiger partial charge on any atom is 0.265 e.